The maximum Gasteiger partial charge on any atom is 0.0746 e. The third-order valence-electron chi connectivity index (χ3n) is 4.33. The quantitative estimate of drug-likeness (QED) is 0.353. The number of hydrogen-bond acceptors (Lipinski definition) is 1. The van der Waals surface area contributed by atoms with Gasteiger partial charge in [0.2, 0.25) is 0 Å². The Labute approximate surface area is 148 Å². The zero-order valence-corrected chi connectivity index (χ0v) is 15.6. The first kappa shape index (κ1) is 20.2. The Kier molecular flexibility index (Phi) is 11.9. The Morgan fingerprint density at radius 2 is 1.35 bits per heavy atom. The van der Waals surface area contributed by atoms with Gasteiger partial charge in [0.05, 0.1) is 10.7 Å². The van der Waals surface area contributed by atoms with Crippen LogP contribution in [0.4, 0.5) is 11.4 Å². The van der Waals surface area contributed by atoms with Gasteiger partial charge in [0.15, 0.2) is 0 Å². The van der Waals surface area contributed by atoms with Crippen molar-refractivity contribution >= 4 is 23.0 Å². The van der Waals surface area contributed by atoms with Crippen LogP contribution in [0.2, 0.25) is 5.02 Å². The number of anilines is 1. The molecule has 0 amide bonds. The number of benzene rings is 1. The molecule has 0 unspecified atom stereocenters. The van der Waals surface area contributed by atoms with E-state index in [2.05, 4.69) is 12.2 Å². The van der Waals surface area contributed by atoms with E-state index in [4.69, 9.17) is 17.3 Å². The van der Waals surface area contributed by atoms with E-state index >= 15 is 0 Å². The van der Waals surface area contributed by atoms with Crippen LogP contribution in [0.5, 0.6) is 0 Å². The smallest absolute Gasteiger partial charge is 0.0746 e. The summed E-state index contributed by atoms with van der Waals surface area (Å²) in [7, 11) is 0. The van der Waals surface area contributed by atoms with Crippen LogP contribution >= 0.6 is 11.6 Å². The first-order valence-electron chi connectivity index (χ1n) is 9.49. The van der Waals surface area contributed by atoms with Crippen molar-refractivity contribution in [3.63, 3.8) is 0 Å². The topological polar surface area (TPSA) is 35.8 Å². The molecule has 23 heavy (non-hydrogen) atoms. The average molecular weight is 338 g/mol. The van der Waals surface area contributed by atoms with Gasteiger partial charge in [-0.15, -0.1) is 0 Å². The number of halogens is 1. The molecule has 0 bridgehead atoms. The lowest BCUT2D eigenvalue weighted by atomic mass is 10.1. The Bertz CT molecular complexity index is 407. The molecule has 0 aliphatic rings. The summed E-state index contributed by atoms with van der Waals surface area (Å²) in [4.78, 5) is 0. The molecule has 2 N–H and O–H groups in total. The van der Waals surface area contributed by atoms with Gasteiger partial charge >= 0.3 is 0 Å². The minimum absolute atomic E-state index is 0.395. The van der Waals surface area contributed by atoms with Crippen LogP contribution in [0.1, 0.15) is 84.0 Å². The van der Waals surface area contributed by atoms with Crippen LogP contribution in [-0.2, 0) is 0 Å². The molecule has 0 aromatic heterocycles. The van der Waals surface area contributed by atoms with E-state index in [9.17, 15) is 0 Å². The monoisotopic (exact) mass is 337 g/mol. The summed E-state index contributed by atoms with van der Waals surface area (Å²) >= 11 is 5.85. The summed E-state index contributed by atoms with van der Waals surface area (Å²) in [6.45, 7) is 3.26. The lowest BCUT2D eigenvalue weighted by molar-refractivity contribution is 0.546. The first-order valence-corrected chi connectivity index (χ1v) is 9.87. The highest BCUT2D eigenvalue weighted by Crippen LogP contribution is 2.23. The number of nitrogens with one attached hydrogen (secondary N) is 2. The lowest BCUT2D eigenvalue weighted by Crippen LogP contribution is -2.01. The number of rotatable bonds is 14. The molecule has 0 heterocycles. The van der Waals surface area contributed by atoms with Gasteiger partial charge in [-0.2, -0.15) is 0 Å². The van der Waals surface area contributed by atoms with Crippen LogP contribution in [0.15, 0.2) is 18.2 Å². The zero-order valence-electron chi connectivity index (χ0n) is 14.8. The normalized spacial score (nSPS) is 10.9. The third kappa shape index (κ3) is 10.5. The second-order valence-corrected chi connectivity index (χ2v) is 6.92. The van der Waals surface area contributed by atoms with Gasteiger partial charge in [-0.3, -0.25) is 5.73 Å². The van der Waals surface area contributed by atoms with Crippen LogP contribution in [-0.4, -0.2) is 6.54 Å². The molecule has 0 aliphatic carbocycles. The number of unbranched alkanes of at least 4 members (excludes halogenated alkanes) is 11. The molecular weight excluding hydrogens is 304 g/mol. The molecule has 1 aromatic rings. The second-order valence-electron chi connectivity index (χ2n) is 6.51. The second kappa shape index (κ2) is 13.5. The molecule has 0 saturated carbocycles. The summed E-state index contributed by atoms with van der Waals surface area (Å²) in [5, 5.41) is 3.88. The fourth-order valence-corrected chi connectivity index (χ4v) is 2.95. The van der Waals surface area contributed by atoms with Crippen molar-refractivity contribution in [3.05, 3.63) is 23.2 Å². The largest absolute Gasteiger partial charge is 0.385 e. The summed E-state index contributed by atoms with van der Waals surface area (Å²) in [5.41, 5.74) is 9.06. The van der Waals surface area contributed by atoms with Gasteiger partial charge in [0, 0.05) is 12.2 Å². The molecule has 131 valence electrons. The molecule has 0 spiro atoms. The zero-order chi connectivity index (χ0) is 16.8. The van der Waals surface area contributed by atoms with E-state index in [1.165, 1.54) is 77.0 Å². The fraction of sp³-hybridized carbons (Fsp3) is 0.700. The Balaban J connectivity index is 1.85. The van der Waals surface area contributed by atoms with Gasteiger partial charge in [0.25, 0.3) is 0 Å². The highest BCUT2D eigenvalue weighted by atomic mass is 35.5. The molecule has 2 nitrogen and oxygen atoms in total. The van der Waals surface area contributed by atoms with Crippen LogP contribution in [0.3, 0.4) is 0 Å². The van der Waals surface area contributed by atoms with Gasteiger partial charge in [0.1, 0.15) is 0 Å². The predicted molar refractivity (Wildman–Crippen MR) is 104 cm³/mol. The minimum Gasteiger partial charge on any atom is -0.385 e. The molecule has 0 saturated heterocycles. The maximum atomic E-state index is 7.66. The van der Waals surface area contributed by atoms with E-state index in [0.717, 1.165) is 12.2 Å². The standard InChI is InChI=1S/C20H34ClN2/c1-2-3-4-5-6-7-8-9-10-11-12-13-16-23-18-14-15-19(21)20(22)17-18/h14-15,17,22-23H,2-13,16H2,1H3. The predicted octanol–water partition coefficient (Wildman–Crippen LogP) is 7.37. The summed E-state index contributed by atoms with van der Waals surface area (Å²) < 4.78 is 0. The highest BCUT2D eigenvalue weighted by Gasteiger charge is 1.98. The van der Waals surface area contributed by atoms with Gasteiger partial charge in [-0.1, -0.05) is 89.2 Å². The van der Waals surface area contributed by atoms with Crippen LogP contribution in [0.25, 0.3) is 0 Å². The van der Waals surface area contributed by atoms with E-state index in [-0.39, 0.29) is 0 Å². The summed E-state index contributed by atoms with van der Waals surface area (Å²) in [5.74, 6) is 0. The maximum absolute atomic E-state index is 7.66. The van der Waals surface area contributed by atoms with E-state index in [1.54, 1.807) is 12.1 Å². The van der Waals surface area contributed by atoms with Crippen molar-refractivity contribution in [1.29, 1.82) is 0 Å². The molecular formula is C20H34ClN2. The third-order valence-corrected chi connectivity index (χ3v) is 4.66. The lowest BCUT2D eigenvalue weighted by Gasteiger charge is -2.07. The van der Waals surface area contributed by atoms with Crippen molar-refractivity contribution in [1.82, 2.24) is 5.73 Å². The SMILES string of the molecule is CCCCCCCCCCCCCCNc1ccc(Cl)c([NH])c1. The fourth-order valence-electron chi connectivity index (χ4n) is 2.83. The van der Waals surface area contributed by atoms with Gasteiger partial charge < -0.3 is 5.32 Å². The highest BCUT2D eigenvalue weighted by molar-refractivity contribution is 6.32. The molecule has 0 atom stereocenters. The number of hydrogen-bond donors (Lipinski definition) is 1. The molecule has 1 aromatic carbocycles. The molecule has 0 aliphatic heterocycles. The average Bonchev–Trinajstić information content (AvgIpc) is 2.55. The van der Waals surface area contributed by atoms with Crippen molar-refractivity contribution in [2.24, 2.45) is 0 Å². The van der Waals surface area contributed by atoms with Crippen molar-refractivity contribution in [3.8, 4) is 0 Å². The van der Waals surface area contributed by atoms with E-state index in [0.29, 0.717) is 10.7 Å². The Morgan fingerprint density at radius 1 is 0.826 bits per heavy atom. The van der Waals surface area contributed by atoms with Crippen molar-refractivity contribution in [2.45, 2.75) is 84.0 Å². The van der Waals surface area contributed by atoms with Crippen LogP contribution in [0, 0.1) is 0 Å². The van der Waals surface area contributed by atoms with E-state index in [1.807, 2.05) is 6.07 Å². The Hall–Kier alpha value is -0.890. The molecule has 3 heteroatoms. The molecule has 1 rings (SSSR count). The van der Waals surface area contributed by atoms with Gasteiger partial charge in [-0.25, -0.2) is 0 Å². The first-order chi connectivity index (χ1) is 11.2. The van der Waals surface area contributed by atoms with Crippen molar-refractivity contribution in [2.75, 3.05) is 11.9 Å². The summed E-state index contributed by atoms with van der Waals surface area (Å²) in [6.07, 6.45) is 16.5. The minimum atomic E-state index is 0.395. The van der Waals surface area contributed by atoms with Gasteiger partial charge in [-0.05, 0) is 24.6 Å². The Morgan fingerprint density at radius 3 is 1.87 bits per heavy atom. The van der Waals surface area contributed by atoms with Crippen LogP contribution < -0.4 is 11.1 Å². The molecule has 0 fully saturated rings. The molecule has 1 radical (unpaired) electrons. The summed E-state index contributed by atoms with van der Waals surface area (Å²) in [6, 6.07) is 5.53. The van der Waals surface area contributed by atoms with E-state index < -0.39 is 0 Å². The van der Waals surface area contributed by atoms with Crippen molar-refractivity contribution < 1.29 is 0 Å².